The van der Waals surface area contributed by atoms with Crippen molar-refractivity contribution in [2.45, 2.75) is 78.7 Å². The largest absolute Gasteiger partial charge is 0.457 e. The summed E-state index contributed by atoms with van der Waals surface area (Å²) in [6.45, 7) is 13.0. The zero-order valence-electron chi connectivity index (χ0n) is 38.1. The third-order valence-electron chi connectivity index (χ3n) is 9.51. The van der Waals surface area contributed by atoms with Gasteiger partial charge >= 0.3 is 12.2 Å². The molecule has 0 N–H and O–H groups in total. The van der Waals surface area contributed by atoms with Gasteiger partial charge in [-0.2, -0.15) is 10.5 Å². The Morgan fingerprint density at radius 1 is 0.515 bits per heavy atom. The van der Waals surface area contributed by atoms with Crippen molar-refractivity contribution in [2.75, 3.05) is 13.1 Å². The van der Waals surface area contributed by atoms with Crippen LogP contribution in [0.3, 0.4) is 0 Å². The molecule has 0 aromatic heterocycles. The van der Waals surface area contributed by atoms with Crippen LogP contribution in [0, 0.1) is 34.3 Å². The van der Waals surface area contributed by atoms with E-state index in [1.807, 2.05) is 133 Å². The minimum atomic E-state index is -0.618. The second-order valence-electron chi connectivity index (χ2n) is 17.3. The van der Waals surface area contributed by atoms with Crippen LogP contribution in [-0.2, 0) is 35.4 Å². The van der Waals surface area contributed by atoms with E-state index >= 15 is 0 Å². The van der Waals surface area contributed by atoms with Crippen LogP contribution in [-0.4, -0.2) is 46.3 Å². The maximum atomic E-state index is 13.8. The fourth-order valence-corrected chi connectivity index (χ4v) is 6.29. The lowest BCUT2D eigenvalue weighted by Gasteiger charge is -2.27. The fraction of sp³-hybridized carbons (Fsp3) is 0.259. The molecule has 0 radical (unpaired) electrons. The first-order chi connectivity index (χ1) is 31.5. The average Bonchev–Trinajstić information content (AvgIpc) is 3.27. The Morgan fingerprint density at radius 2 is 0.939 bits per heavy atom. The lowest BCUT2D eigenvalue weighted by Crippen LogP contribution is -2.37. The fourth-order valence-electron chi connectivity index (χ4n) is 6.29. The Hall–Kier alpha value is -7.70. The molecule has 10 nitrogen and oxygen atoms in total. The number of hydrogen-bond donors (Lipinski definition) is 0. The molecule has 6 aromatic carbocycles. The maximum Gasteiger partial charge on any atom is 0.410 e. The Bertz CT molecular complexity index is 2600. The molecule has 0 bridgehead atoms. The third kappa shape index (κ3) is 16.5. The summed E-state index contributed by atoms with van der Waals surface area (Å²) in [4.78, 5) is 28.9. The van der Waals surface area contributed by atoms with Crippen LogP contribution < -0.4 is 9.47 Å². The molecule has 6 aromatic rings. The predicted molar refractivity (Wildman–Crippen MR) is 249 cm³/mol. The number of halogens is 2. The molecule has 0 saturated carbocycles. The molecule has 12 heteroatoms. The lowest BCUT2D eigenvalue weighted by atomic mass is 10.1. The quantitative estimate of drug-likeness (QED) is 0.106. The Labute approximate surface area is 386 Å². The Kier molecular flexibility index (Phi) is 17.4. The number of benzene rings is 6. The Morgan fingerprint density at radius 3 is 1.36 bits per heavy atom. The van der Waals surface area contributed by atoms with Crippen molar-refractivity contribution in [1.29, 1.82) is 10.5 Å². The zero-order chi connectivity index (χ0) is 47.7. The first-order valence-electron chi connectivity index (χ1n) is 21.4. The van der Waals surface area contributed by atoms with Crippen LogP contribution in [0.15, 0.2) is 146 Å². The van der Waals surface area contributed by atoms with E-state index < -0.39 is 22.8 Å². The molecule has 0 spiro atoms. The van der Waals surface area contributed by atoms with Crippen molar-refractivity contribution >= 4 is 12.2 Å². The highest BCUT2D eigenvalue weighted by Gasteiger charge is 2.24. The summed E-state index contributed by atoms with van der Waals surface area (Å²) in [5, 5.41) is 18.0. The van der Waals surface area contributed by atoms with Gasteiger partial charge in [-0.05, 0) is 125 Å². The molecule has 6 rings (SSSR count). The van der Waals surface area contributed by atoms with Gasteiger partial charge in [0.15, 0.2) is 0 Å². The minimum Gasteiger partial charge on any atom is -0.457 e. The molecule has 0 saturated heterocycles. The molecule has 0 atom stereocenters. The van der Waals surface area contributed by atoms with Gasteiger partial charge in [0.2, 0.25) is 0 Å². The molecule has 0 fully saturated rings. The van der Waals surface area contributed by atoms with E-state index in [0.29, 0.717) is 56.3 Å². The van der Waals surface area contributed by atoms with E-state index in [0.717, 1.165) is 22.3 Å². The summed E-state index contributed by atoms with van der Waals surface area (Å²) in [5.41, 5.74) is 3.16. The molecular formula is C54H54F2N4O6. The van der Waals surface area contributed by atoms with Gasteiger partial charge in [-0.25, -0.2) is 18.4 Å². The van der Waals surface area contributed by atoms with Crippen molar-refractivity contribution in [1.82, 2.24) is 9.80 Å². The highest BCUT2D eigenvalue weighted by Crippen LogP contribution is 2.27. The third-order valence-corrected chi connectivity index (χ3v) is 9.51. The standard InChI is InChI=1S/2C27H27FN2O3/c1-27(2,3)33-26(31)30(19-21-7-5-4-6-8-21)16-15-20-9-13-24(14-10-20)32-25-17-23(28)12-11-22(25)18-29;1-27(2,3)33-26(31)30(19-21-7-5-4-6-8-21)16-15-20-9-12-23(13-10-20)32-24-14-11-22(18-29)25(28)17-24/h2*4-14,17H,15-16,19H2,1-3H3. The van der Waals surface area contributed by atoms with E-state index in [-0.39, 0.29) is 29.1 Å². The topological polar surface area (TPSA) is 125 Å². The molecule has 0 aliphatic rings. The van der Waals surface area contributed by atoms with Gasteiger partial charge in [-0.15, -0.1) is 0 Å². The first-order valence-corrected chi connectivity index (χ1v) is 21.4. The summed E-state index contributed by atoms with van der Waals surface area (Å²) < 4.78 is 49.8. The van der Waals surface area contributed by atoms with Crippen LogP contribution in [0.4, 0.5) is 18.4 Å². The highest BCUT2D eigenvalue weighted by molar-refractivity contribution is 5.68. The predicted octanol–water partition coefficient (Wildman–Crippen LogP) is 12.9. The zero-order valence-corrected chi connectivity index (χ0v) is 38.1. The second-order valence-corrected chi connectivity index (χ2v) is 17.3. The molecular weight excluding hydrogens is 839 g/mol. The number of carbonyl (C=O) groups excluding carboxylic acids is 2. The van der Waals surface area contributed by atoms with Crippen LogP contribution in [0.2, 0.25) is 0 Å². The van der Waals surface area contributed by atoms with Gasteiger partial charge in [0.25, 0.3) is 0 Å². The molecule has 66 heavy (non-hydrogen) atoms. The van der Waals surface area contributed by atoms with Gasteiger partial charge in [0, 0.05) is 38.3 Å². The summed E-state index contributed by atoms with van der Waals surface area (Å²) in [6.07, 6.45) is 0.545. The lowest BCUT2D eigenvalue weighted by molar-refractivity contribution is 0.0225. The van der Waals surface area contributed by atoms with Gasteiger partial charge in [-0.1, -0.05) is 84.9 Å². The molecule has 0 aliphatic heterocycles. The molecule has 0 unspecified atom stereocenters. The second kappa shape index (κ2) is 23.3. The van der Waals surface area contributed by atoms with Crippen molar-refractivity contribution in [3.05, 3.63) is 191 Å². The van der Waals surface area contributed by atoms with Gasteiger partial charge in [-0.3, -0.25) is 0 Å². The number of ether oxygens (including phenoxy) is 4. The van der Waals surface area contributed by atoms with Gasteiger partial charge < -0.3 is 28.7 Å². The Balaban J connectivity index is 0.000000247. The van der Waals surface area contributed by atoms with E-state index in [1.165, 1.54) is 30.3 Å². The SMILES string of the molecule is CC(C)(C)OC(=O)N(CCc1ccc(Oc2cc(F)ccc2C#N)cc1)Cc1ccccc1.CC(C)(C)OC(=O)N(CCc1ccc(Oc2ccc(C#N)c(F)c2)cc1)Cc1ccccc1. The summed E-state index contributed by atoms with van der Waals surface area (Å²) in [6, 6.07) is 46.0. The van der Waals surface area contributed by atoms with E-state index in [9.17, 15) is 23.6 Å². The summed E-state index contributed by atoms with van der Waals surface area (Å²) in [5.74, 6) is 0.446. The number of rotatable bonds is 14. The minimum absolute atomic E-state index is 0.0252. The van der Waals surface area contributed by atoms with E-state index in [1.54, 1.807) is 46.2 Å². The van der Waals surface area contributed by atoms with Crippen LogP contribution in [0.1, 0.15) is 74.9 Å². The number of nitriles is 2. The number of nitrogens with zero attached hydrogens (tertiary/aromatic N) is 4. The molecule has 0 aliphatic carbocycles. The van der Waals surface area contributed by atoms with E-state index in [2.05, 4.69) is 0 Å². The van der Waals surface area contributed by atoms with Crippen LogP contribution >= 0.6 is 0 Å². The summed E-state index contributed by atoms with van der Waals surface area (Å²) >= 11 is 0. The van der Waals surface area contributed by atoms with Crippen LogP contribution in [0.5, 0.6) is 23.0 Å². The molecule has 2 amide bonds. The van der Waals surface area contributed by atoms with Crippen molar-refractivity contribution < 1.29 is 37.3 Å². The van der Waals surface area contributed by atoms with Crippen molar-refractivity contribution in [3.8, 4) is 35.1 Å². The molecule has 340 valence electrons. The van der Waals surface area contributed by atoms with E-state index in [4.69, 9.17) is 24.2 Å². The van der Waals surface area contributed by atoms with Crippen molar-refractivity contribution in [2.24, 2.45) is 0 Å². The maximum absolute atomic E-state index is 13.8. The number of amides is 2. The molecule has 0 heterocycles. The monoisotopic (exact) mass is 892 g/mol. The number of carbonyl (C=O) groups is 2. The first kappa shape index (κ1) is 49.3. The normalized spacial score (nSPS) is 10.9. The van der Waals surface area contributed by atoms with Gasteiger partial charge in [0.1, 0.15) is 58.0 Å². The number of hydrogen-bond acceptors (Lipinski definition) is 8. The highest BCUT2D eigenvalue weighted by atomic mass is 19.1. The van der Waals surface area contributed by atoms with Crippen molar-refractivity contribution in [3.63, 3.8) is 0 Å². The van der Waals surface area contributed by atoms with Crippen LogP contribution in [0.25, 0.3) is 0 Å². The van der Waals surface area contributed by atoms with Gasteiger partial charge in [0.05, 0.1) is 11.1 Å². The summed E-state index contributed by atoms with van der Waals surface area (Å²) in [7, 11) is 0. The average molecular weight is 893 g/mol. The smallest absolute Gasteiger partial charge is 0.410 e.